The molecule has 0 amide bonds. The van der Waals surface area contributed by atoms with E-state index in [-0.39, 0.29) is 6.04 Å². The fraction of sp³-hybridized carbons (Fsp3) is 0.545. The first-order valence-electron chi connectivity index (χ1n) is 5.07. The molecular formula is C11H16N2S. The summed E-state index contributed by atoms with van der Waals surface area (Å²) in [4.78, 5) is 4.28. The fourth-order valence-electron chi connectivity index (χ4n) is 1.78. The largest absolute Gasteiger partial charge is 0.323 e. The number of pyridine rings is 1. The average Bonchev–Trinajstić information content (AvgIpc) is 2.71. The number of aromatic nitrogens is 1. The summed E-state index contributed by atoms with van der Waals surface area (Å²) in [5.74, 6) is 1.26. The Bertz CT molecular complexity index is 291. The molecule has 0 aromatic carbocycles. The third-order valence-electron chi connectivity index (χ3n) is 2.68. The monoisotopic (exact) mass is 208 g/mol. The molecule has 0 spiro atoms. The molecule has 1 aromatic rings. The highest BCUT2D eigenvalue weighted by molar-refractivity contribution is 8.00. The second kappa shape index (κ2) is 4.32. The van der Waals surface area contributed by atoms with E-state index in [1.807, 2.05) is 30.9 Å². The third kappa shape index (κ3) is 2.10. The van der Waals surface area contributed by atoms with Gasteiger partial charge in [0.15, 0.2) is 0 Å². The van der Waals surface area contributed by atoms with Crippen LogP contribution in [0.2, 0.25) is 0 Å². The number of thioether (sulfide) groups is 1. The maximum atomic E-state index is 6.19. The van der Waals surface area contributed by atoms with Gasteiger partial charge < -0.3 is 5.73 Å². The molecule has 0 saturated carbocycles. The molecule has 3 heteroatoms. The van der Waals surface area contributed by atoms with Crippen molar-refractivity contribution in [1.82, 2.24) is 4.98 Å². The van der Waals surface area contributed by atoms with Gasteiger partial charge in [0.25, 0.3) is 0 Å². The maximum absolute atomic E-state index is 6.19. The Balaban J connectivity index is 2.09. The zero-order valence-electron chi connectivity index (χ0n) is 8.44. The van der Waals surface area contributed by atoms with E-state index >= 15 is 0 Å². The van der Waals surface area contributed by atoms with Crippen LogP contribution < -0.4 is 5.73 Å². The number of nitrogens with zero attached hydrogens (tertiary/aromatic N) is 1. The number of hydrogen-bond donors (Lipinski definition) is 1. The summed E-state index contributed by atoms with van der Waals surface area (Å²) in [6.45, 7) is 2.00. The quantitative estimate of drug-likeness (QED) is 0.810. The Morgan fingerprint density at radius 3 is 3.00 bits per heavy atom. The van der Waals surface area contributed by atoms with E-state index in [4.69, 9.17) is 5.73 Å². The van der Waals surface area contributed by atoms with Crippen molar-refractivity contribution in [2.24, 2.45) is 5.73 Å². The number of aryl methyl sites for hydroxylation is 1. The minimum absolute atomic E-state index is 0.163. The van der Waals surface area contributed by atoms with Gasteiger partial charge in [-0.2, -0.15) is 11.8 Å². The molecular weight excluding hydrogens is 192 g/mol. The van der Waals surface area contributed by atoms with E-state index < -0.39 is 0 Å². The van der Waals surface area contributed by atoms with Crippen LogP contribution in [0.25, 0.3) is 0 Å². The van der Waals surface area contributed by atoms with Crippen molar-refractivity contribution in [3.05, 3.63) is 29.6 Å². The van der Waals surface area contributed by atoms with Crippen LogP contribution in [0, 0.1) is 6.92 Å². The SMILES string of the molecule is Cc1ccc(C(N)C2CCCS2)cn1. The van der Waals surface area contributed by atoms with Crippen LogP contribution in [0.4, 0.5) is 0 Å². The summed E-state index contributed by atoms with van der Waals surface area (Å²) >= 11 is 2.00. The van der Waals surface area contributed by atoms with Gasteiger partial charge in [0.05, 0.1) is 0 Å². The first-order chi connectivity index (χ1) is 6.77. The van der Waals surface area contributed by atoms with Crippen molar-refractivity contribution in [1.29, 1.82) is 0 Å². The second-order valence-corrected chi connectivity index (χ2v) is 5.16. The van der Waals surface area contributed by atoms with E-state index in [1.165, 1.54) is 24.2 Å². The van der Waals surface area contributed by atoms with Gasteiger partial charge in [-0.3, -0.25) is 4.98 Å². The lowest BCUT2D eigenvalue weighted by molar-refractivity contribution is 0.643. The molecule has 2 N–H and O–H groups in total. The molecule has 2 heterocycles. The maximum Gasteiger partial charge on any atom is 0.0430 e. The first kappa shape index (κ1) is 9.99. The lowest BCUT2D eigenvalue weighted by Crippen LogP contribution is -2.21. The van der Waals surface area contributed by atoms with Gasteiger partial charge >= 0.3 is 0 Å². The molecule has 14 heavy (non-hydrogen) atoms. The molecule has 0 aliphatic carbocycles. The lowest BCUT2D eigenvalue weighted by Gasteiger charge is -2.18. The Labute approximate surface area is 89.3 Å². The average molecular weight is 208 g/mol. The molecule has 0 radical (unpaired) electrons. The summed E-state index contributed by atoms with van der Waals surface area (Å²) < 4.78 is 0. The molecule has 0 bridgehead atoms. The van der Waals surface area contributed by atoms with Crippen LogP contribution >= 0.6 is 11.8 Å². The summed E-state index contributed by atoms with van der Waals surface area (Å²) in [5.41, 5.74) is 8.42. The molecule has 2 atom stereocenters. The van der Waals surface area contributed by atoms with Gasteiger partial charge in [0, 0.05) is 23.2 Å². The van der Waals surface area contributed by atoms with Crippen molar-refractivity contribution in [3.8, 4) is 0 Å². The highest BCUT2D eigenvalue weighted by atomic mass is 32.2. The van der Waals surface area contributed by atoms with Gasteiger partial charge in [0.2, 0.25) is 0 Å². The van der Waals surface area contributed by atoms with Gasteiger partial charge in [0.1, 0.15) is 0 Å². The molecule has 2 unspecified atom stereocenters. The minimum atomic E-state index is 0.163. The Morgan fingerprint density at radius 1 is 1.57 bits per heavy atom. The van der Waals surface area contributed by atoms with Crippen molar-refractivity contribution in [3.63, 3.8) is 0 Å². The summed E-state index contributed by atoms with van der Waals surface area (Å²) in [5, 5.41) is 0.597. The van der Waals surface area contributed by atoms with Crippen LogP contribution in [0.1, 0.15) is 30.1 Å². The van der Waals surface area contributed by atoms with E-state index in [0.717, 1.165) is 5.69 Å². The van der Waals surface area contributed by atoms with Gasteiger partial charge in [-0.15, -0.1) is 0 Å². The fourth-order valence-corrected chi connectivity index (χ4v) is 3.11. The van der Waals surface area contributed by atoms with Crippen LogP contribution in [0.5, 0.6) is 0 Å². The van der Waals surface area contributed by atoms with Crippen LogP contribution in [-0.4, -0.2) is 16.0 Å². The number of nitrogens with two attached hydrogens (primary N) is 1. The topological polar surface area (TPSA) is 38.9 Å². The van der Waals surface area contributed by atoms with Gasteiger partial charge in [-0.25, -0.2) is 0 Å². The third-order valence-corrected chi connectivity index (χ3v) is 4.17. The molecule has 2 rings (SSSR count). The van der Waals surface area contributed by atoms with Gasteiger partial charge in [-0.1, -0.05) is 6.07 Å². The molecule has 1 aliphatic rings. The zero-order valence-corrected chi connectivity index (χ0v) is 9.26. The predicted molar refractivity (Wildman–Crippen MR) is 61.4 cm³/mol. The lowest BCUT2D eigenvalue weighted by atomic mass is 10.0. The van der Waals surface area contributed by atoms with Crippen LogP contribution in [-0.2, 0) is 0 Å². The summed E-state index contributed by atoms with van der Waals surface area (Å²) in [6.07, 6.45) is 4.47. The van der Waals surface area contributed by atoms with E-state index in [9.17, 15) is 0 Å². The summed E-state index contributed by atoms with van der Waals surface area (Å²) in [6, 6.07) is 4.30. The molecule has 1 saturated heterocycles. The van der Waals surface area contributed by atoms with E-state index in [1.54, 1.807) is 0 Å². The van der Waals surface area contributed by atoms with Gasteiger partial charge in [-0.05, 0) is 37.1 Å². The predicted octanol–water partition coefficient (Wildman–Crippen LogP) is 2.29. The first-order valence-corrected chi connectivity index (χ1v) is 6.12. The normalized spacial score (nSPS) is 23.7. The molecule has 2 nitrogen and oxygen atoms in total. The zero-order chi connectivity index (χ0) is 9.97. The van der Waals surface area contributed by atoms with E-state index in [0.29, 0.717) is 5.25 Å². The standard InChI is InChI=1S/C11H16N2S/c1-8-4-5-9(7-13-8)11(12)10-3-2-6-14-10/h4-5,7,10-11H,2-3,6,12H2,1H3. The van der Waals surface area contributed by atoms with Crippen molar-refractivity contribution in [2.75, 3.05) is 5.75 Å². The number of hydrogen-bond acceptors (Lipinski definition) is 3. The molecule has 1 fully saturated rings. The highest BCUT2D eigenvalue weighted by Gasteiger charge is 2.23. The smallest absolute Gasteiger partial charge is 0.0430 e. The van der Waals surface area contributed by atoms with Crippen LogP contribution in [0.15, 0.2) is 18.3 Å². The molecule has 1 aliphatic heterocycles. The van der Waals surface area contributed by atoms with Crippen molar-refractivity contribution in [2.45, 2.75) is 31.1 Å². The summed E-state index contributed by atoms with van der Waals surface area (Å²) in [7, 11) is 0. The molecule has 1 aromatic heterocycles. The Morgan fingerprint density at radius 2 is 2.43 bits per heavy atom. The van der Waals surface area contributed by atoms with Crippen LogP contribution in [0.3, 0.4) is 0 Å². The number of rotatable bonds is 2. The van der Waals surface area contributed by atoms with E-state index in [2.05, 4.69) is 11.1 Å². The Hall–Kier alpha value is -0.540. The van der Waals surface area contributed by atoms with Crippen molar-refractivity contribution >= 4 is 11.8 Å². The highest BCUT2D eigenvalue weighted by Crippen LogP contribution is 2.34. The second-order valence-electron chi connectivity index (χ2n) is 3.81. The molecule has 76 valence electrons. The van der Waals surface area contributed by atoms with Crippen molar-refractivity contribution < 1.29 is 0 Å². The Kier molecular flexibility index (Phi) is 3.08. The minimum Gasteiger partial charge on any atom is -0.323 e.